The van der Waals surface area contributed by atoms with Crippen LogP contribution >= 0.6 is 23.4 Å². The Bertz CT molecular complexity index is 509. The summed E-state index contributed by atoms with van der Waals surface area (Å²) >= 11 is 7.42. The second kappa shape index (κ2) is 8.26. The second-order valence-electron chi connectivity index (χ2n) is 4.89. The largest absolute Gasteiger partial charge is 0.387 e. The Labute approximate surface area is 133 Å². The van der Waals surface area contributed by atoms with Gasteiger partial charge in [-0.15, -0.1) is 0 Å². The molecule has 1 aromatic carbocycles. The molecular weight excluding hydrogens is 312 g/mol. The number of carbonyl (C=O) groups is 2. The maximum absolute atomic E-state index is 11.6. The highest BCUT2D eigenvalue weighted by Gasteiger charge is 2.22. The second-order valence-corrected chi connectivity index (χ2v) is 6.16. The molecule has 1 atom stereocenters. The summed E-state index contributed by atoms with van der Waals surface area (Å²) in [6.07, 6.45) is 1.85. The molecule has 0 heterocycles. The number of thioether (sulfide) groups is 1. The third-order valence-corrected chi connectivity index (χ3v) is 3.97. The fraction of sp³-hybridized carbons (Fsp3) is 0.429. The van der Waals surface area contributed by atoms with E-state index in [1.54, 1.807) is 31.2 Å². The van der Waals surface area contributed by atoms with Crippen LogP contribution in [0, 0.1) is 0 Å². The van der Waals surface area contributed by atoms with E-state index in [0.29, 0.717) is 10.8 Å². The zero-order chi connectivity index (χ0) is 15.9. The van der Waals surface area contributed by atoms with Crippen LogP contribution in [0.3, 0.4) is 0 Å². The molecule has 0 bridgehead atoms. The molecule has 0 saturated heterocycles. The van der Waals surface area contributed by atoms with Gasteiger partial charge in [-0.05, 0) is 24.8 Å². The van der Waals surface area contributed by atoms with Crippen LogP contribution < -0.4 is 10.6 Å². The van der Waals surface area contributed by atoms with Gasteiger partial charge in [-0.2, -0.15) is 11.8 Å². The maximum atomic E-state index is 11.6. The Morgan fingerprint density at radius 3 is 2.52 bits per heavy atom. The van der Waals surface area contributed by atoms with Crippen LogP contribution in [0.5, 0.6) is 0 Å². The summed E-state index contributed by atoms with van der Waals surface area (Å²) in [6.45, 7) is 1.80. The van der Waals surface area contributed by atoms with Gasteiger partial charge in [0.2, 0.25) is 0 Å². The van der Waals surface area contributed by atoms with E-state index in [1.165, 1.54) is 11.8 Å². The highest BCUT2D eigenvalue weighted by molar-refractivity contribution is 7.98. The normalized spacial score (nSPS) is 13.3. The first-order valence-electron chi connectivity index (χ1n) is 6.36. The predicted octanol–water partition coefficient (Wildman–Crippen LogP) is 1.19. The summed E-state index contributed by atoms with van der Waals surface area (Å²) < 4.78 is 0. The third-order valence-electron chi connectivity index (χ3n) is 2.69. The molecule has 0 aliphatic heterocycles. The van der Waals surface area contributed by atoms with Crippen molar-refractivity contribution in [1.82, 2.24) is 10.6 Å². The molecule has 0 spiro atoms. The number of aliphatic hydroxyl groups is 1. The van der Waals surface area contributed by atoms with Crippen LogP contribution in [0.2, 0.25) is 5.02 Å². The van der Waals surface area contributed by atoms with Crippen molar-refractivity contribution in [2.75, 3.05) is 18.6 Å². The van der Waals surface area contributed by atoms with Crippen LogP contribution in [0.1, 0.15) is 12.5 Å². The zero-order valence-electron chi connectivity index (χ0n) is 12.0. The Morgan fingerprint density at radius 1 is 1.29 bits per heavy atom. The number of carbonyl (C=O) groups excluding carboxylic acids is 2. The maximum Gasteiger partial charge on any atom is 0.309 e. The lowest BCUT2D eigenvalue weighted by Gasteiger charge is -2.22. The van der Waals surface area contributed by atoms with Crippen molar-refractivity contribution in [3.05, 3.63) is 34.9 Å². The van der Waals surface area contributed by atoms with Gasteiger partial charge in [0.1, 0.15) is 0 Å². The summed E-state index contributed by atoms with van der Waals surface area (Å²) in [6, 6.07) is 7.06. The minimum absolute atomic E-state index is 0.0200. The molecule has 0 fully saturated rings. The zero-order valence-corrected chi connectivity index (χ0v) is 13.6. The van der Waals surface area contributed by atoms with Crippen LogP contribution in [-0.4, -0.2) is 41.1 Å². The average molecular weight is 331 g/mol. The van der Waals surface area contributed by atoms with Gasteiger partial charge in [-0.25, -0.2) is 0 Å². The summed E-state index contributed by atoms with van der Waals surface area (Å²) in [5, 5.41) is 15.3. The van der Waals surface area contributed by atoms with Crippen molar-refractivity contribution >= 4 is 35.2 Å². The number of hydrogen-bond donors (Lipinski definition) is 3. The van der Waals surface area contributed by atoms with Gasteiger partial charge in [0, 0.05) is 23.9 Å². The molecule has 1 aromatic rings. The van der Waals surface area contributed by atoms with Crippen LogP contribution in [0.25, 0.3) is 0 Å². The molecule has 2 amide bonds. The van der Waals surface area contributed by atoms with Crippen molar-refractivity contribution in [2.45, 2.75) is 19.1 Å². The molecule has 5 nitrogen and oxygen atoms in total. The van der Waals surface area contributed by atoms with E-state index in [0.717, 1.165) is 5.56 Å². The molecule has 1 unspecified atom stereocenters. The average Bonchev–Trinajstić information content (AvgIpc) is 2.43. The molecule has 7 heteroatoms. The highest BCUT2D eigenvalue weighted by Crippen LogP contribution is 2.14. The quantitative estimate of drug-likeness (QED) is 0.685. The molecule has 0 aliphatic carbocycles. The number of benzene rings is 1. The summed E-state index contributed by atoms with van der Waals surface area (Å²) in [5.74, 6) is -1.06. The molecule has 116 valence electrons. The van der Waals surface area contributed by atoms with Gasteiger partial charge in [-0.1, -0.05) is 29.8 Å². The third kappa shape index (κ3) is 6.37. The fourth-order valence-electron chi connectivity index (χ4n) is 1.61. The first-order valence-corrected chi connectivity index (χ1v) is 8.13. The Balaban J connectivity index is 2.42. The lowest BCUT2D eigenvalue weighted by molar-refractivity contribution is -0.139. The SMILES string of the molecule is CSCC(C)(O)CNC(=O)C(=O)NCc1ccccc1Cl. The molecule has 0 aromatic heterocycles. The van der Waals surface area contributed by atoms with E-state index >= 15 is 0 Å². The monoisotopic (exact) mass is 330 g/mol. The van der Waals surface area contributed by atoms with Crippen molar-refractivity contribution in [2.24, 2.45) is 0 Å². The summed E-state index contributed by atoms with van der Waals surface area (Å²) in [4.78, 5) is 23.3. The van der Waals surface area contributed by atoms with Gasteiger partial charge in [0.15, 0.2) is 0 Å². The Morgan fingerprint density at radius 2 is 1.90 bits per heavy atom. The van der Waals surface area contributed by atoms with E-state index in [2.05, 4.69) is 10.6 Å². The fourth-order valence-corrected chi connectivity index (χ4v) is 2.54. The summed E-state index contributed by atoms with van der Waals surface area (Å²) in [5.41, 5.74) is -0.312. The molecule has 1 rings (SSSR count). The minimum atomic E-state index is -1.04. The van der Waals surface area contributed by atoms with Crippen molar-refractivity contribution in [1.29, 1.82) is 0 Å². The van der Waals surface area contributed by atoms with Gasteiger partial charge >= 0.3 is 11.8 Å². The van der Waals surface area contributed by atoms with Gasteiger partial charge in [0.05, 0.1) is 5.60 Å². The molecule has 0 saturated carbocycles. The van der Waals surface area contributed by atoms with E-state index in [-0.39, 0.29) is 13.1 Å². The molecule has 21 heavy (non-hydrogen) atoms. The number of rotatable bonds is 6. The molecular formula is C14H19ClN2O3S. The number of nitrogens with one attached hydrogen (secondary N) is 2. The first-order chi connectivity index (χ1) is 9.85. The molecule has 3 N–H and O–H groups in total. The van der Waals surface area contributed by atoms with Crippen LogP contribution in [0.4, 0.5) is 0 Å². The first kappa shape index (κ1) is 17.8. The lowest BCUT2D eigenvalue weighted by atomic mass is 10.1. The van der Waals surface area contributed by atoms with E-state index in [4.69, 9.17) is 11.6 Å². The highest BCUT2D eigenvalue weighted by atomic mass is 35.5. The molecule has 0 aliphatic rings. The Hall–Kier alpha value is -1.24. The molecule has 0 radical (unpaired) electrons. The van der Waals surface area contributed by atoms with Crippen molar-refractivity contribution in [3.8, 4) is 0 Å². The van der Waals surface area contributed by atoms with E-state index < -0.39 is 17.4 Å². The lowest BCUT2D eigenvalue weighted by Crippen LogP contribution is -2.47. The Kier molecular flexibility index (Phi) is 7.01. The predicted molar refractivity (Wildman–Crippen MR) is 85.3 cm³/mol. The van der Waals surface area contributed by atoms with E-state index in [1.807, 2.05) is 6.26 Å². The standard InChI is InChI=1S/C14H19ClN2O3S/c1-14(20,9-21-2)8-17-13(19)12(18)16-7-10-5-3-4-6-11(10)15/h3-6,20H,7-9H2,1-2H3,(H,16,18)(H,17,19). The van der Waals surface area contributed by atoms with Crippen LogP contribution in [-0.2, 0) is 16.1 Å². The van der Waals surface area contributed by atoms with Crippen LogP contribution in [0.15, 0.2) is 24.3 Å². The minimum Gasteiger partial charge on any atom is -0.387 e. The topological polar surface area (TPSA) is 78.4 Å². The van der Waals surface area contributed by atoms with Crippen molar-refractivity contribution in [3.63, 3.8) is 0 Å². The van der Waals surface area contributed by atoms with Crippen molar-refractivity contribution < 1.29 is 14.7 Å². The number of amides is 2. The van der Waals surface area contributed by atoms with Gasteiger partial charge < -0.3 is 15.7 Å². The van der Waals surface area contributed by atoms with Gasteiger partial charge in [-0.3, -0.25) is 9.59 Å². The number of hydrogen-bond acceptors (Lipinski definition) is 4. The van der Waals surface area contributed by atoms with E-state index in [9.17, 15) is 14.7 Å². The van der Waals surface area contributed by atoms with Gasteiger partial charge in [0.25, 0.3) is 0 Å². The summed E-state index contributed by atoms with van der Waals surface area (Å²) in [7, 11) is 0. The number of halogens is 1. The smallest absolute Gasteiger partial charge is 0.309 e.